The lowest BCUT2D eigenvalue weighted by molar-refractivity contribution is -0.0973. The van der Waals surface area contributed by atoms with Crippen molar-refractivity contribution in [1.82, 2.24) is 9.24 Å². The molecule has 0 radical (unpaired) electrons. The summed E-state index contributed by atoms with van der Waals surface area (Å²) in [7, 11) is 1.72. The molecule has 10 nitrogen and oxygen atoms in total. The van der Waals surface area contributed by atoms with Gasteiger partial charge in [0.25, 0.3) is 14.1 Å². The Balaban J connectivity index is 1.48. The number of rotatable bonds is 17. The van der Waals surface area contributed by atoms with E-state index in [0.717, 1.165) is 44.7 Å². The van der Waals surface area contributed by atoms with Crippen molar-refractivity contribution < 1.29 is 28.0 Å². The zero-order valence-electron chi connectivity index (χ0n) is 34.2. The van der Waals surface area contributed by atoms with Crippen LogP contribution in [0.5, 0.6) is 11.5 Å². The summed E-state index contributed by atoms with van der Waals surface area (Å²) in [6.07, 6.45) is 0.566. The SMILES string of the molecule is COc1ccc(C(O[C@H]2C[C@H](n3ccc4cc(C)cc(C)c4c3=O)O[C@@H]2COP(OCCC#N)N(C(C)C)C(C)C)(c2ccccc2)c2ccc(OC)cc2)cc1. The minimum absolute atomic E-state index is 0.112. The molecule has 4 aromatic carbocycles. The average Bonchev–Trinajstić information content (AvgIpc) is 3.60. The van der Waals surface area contributed by atoms with E-state index in [9.17, 15) is 10.1 Å². The molecule has 57 heavy (non-hydrogen) atoms. The maximum absolute atomic E-state index is 14.3. The van der Waals surface area contributed by atoms with E-state index in [1.54, 1.807) is 18.8 Å². The van der Waals surface area contributed by atoms with Gasteiger partial charge >= 0.3 is 0 Å². The monoisotopic (exact) mass is 791 g/mol. The molecule has 1 unspecified atom stereocenters. The number of aryl methyl sites for hydroxylation is 2. The highest BCUT2D eigenvalue weighted by molar-refractivity contribution is 7.44. The molecule has 1 saturated heterocycles. The zero-order chi connectivity index (χ0) is 40.7. The standard InChI is InChI=1S/C46H54N3O7P/c1-31(2)49(32(3)4)57(53-26-12-24-47)54-30-42-41(29-43(55-42)48-25-23-35-28-33(5)27-34(6)44(35)45(48)50)56-46(36-13-10-9-11-14-36,37-15-19-39(51-7)20-16-37)38-17-21-40(52-8)22-18-38/h9-11,13-23,25,27-28,31-32,41-43H,12,26,29-30H2,1-8H3/t41-,42+,43+,57?/m0/s1. The molecular formula is C46H54N3O7P. The van der Waals surface area contributed by atoms with E-state index < -0.39 is 32.6 Å². The molecule has 0 saturated carbocycles. The second kappa shape index (κ2) is 18.8. The first-order valence-corrected chi connectivity index (χ1v) is 20.6. The lowest BCUT2D eigenvalue weighted by Gasteiger charge is -2.40. The van der Waals surface area contributed by atoms with E-state index in [-0.39, 0.29) is 37.3 Å². The molecule has 1 aliphatic heterocycles. The van der Waals surface area contributed by atoms with Gasteiger partial charge in [0, 0.05) is 24.7 Å². The van der Waals surface area contributed by atoms with Crippen LogP contribution in [0.3, 0.4) is 0 Å². The Hall–Kier alpha value is -4.59. The normalized spacial score (nSPS) is 17.7. The smallest absolute Gasteiger partial charge is 0.260 e. The number of fused-ring (bicyclic) bond motifs is 1. The zero-order valence-corrected chi connectivity index (χ0v) is 35.1. The molecule has 11 heteroatoms. The minimum atomic E-state index is -1.58. The maximum atomic E-state index is 14.3. The highest BCUT2D eigenvalue weighted by atomic mass is 31.2. The first kappa shape index (κ1) is 42.0. The number of aromatic nitrogens is 1. The highest BCUT2D eigenvalue weighted by Crippen LogP contribution is 2.49. The van der Waals surface area contributed by atoms with E-state index in [4.69, 9.17) is 28.0 Å². The molecule has 1 fully saturated rings. The van der Waals surface area contributed by atoms with Crippen LogP contribution in [0.25, 0.3) is 10.8 Å². The van der Waals surface area contributed by atoms with Gasteiger partial charge in [0.2, 0.25) is 0 Å². The summed E-state index contributed by atoms with van der Waals surface area (Å²) < 4.78 is 42.6. The summed E-state index contributed by atoms with van der Waals surface area (Å²) >= 11 is 0. The Kier molecular flexibility index (Phi) is 13.8. The van der Waals surface area contributed by atoms with Gasteiger partial charge in [-0.15, -0.1) is 0 Å². The molecule has 2 heterocycles. The van der Waals surface area contributed by atoms with Crippen molar-refractivity contribution in [2.45, 2.75) is 90.5 Å². The third-order valence-corrected chi connectivity index (χ3v) is 12.5. The Labute approximate surface area is 337 Å². The summed E-state index contributed by atoms with van der Waals surface area (Å²) in [6.45, 7) is 12.8. The van der Waals surface area contributed by atoms with Gasteiger partial charge in [0.05, 0.1) is 51.4 Å². The van der Waals surface area contributed by atoms with E-state index >= 15 is 0 Å². The Morgan fingerprint density at radius 1 is 0.860 bits per heavy atom. The fourth-order valence-corrected chi connectivity index (χ4v) is 9.48. The van der Waals surface area contributed by atoms with Crippen LogP contribution in [0.15, 0.2) is 108 Å². The van der Waals surface area contributed by atoms with E-state index in [1.807, 2.05) is 105 Å². The van der Waals surface area contributed by atoms with Crippen LogP contribution < -0.4 is 15.0 Å². The summed E-state index contributed by atoms with van der Waals surface area (Å²) in [5.41, 5.74) is 3.42. The summed E-state index contributed by atoms with van der Waals surface area (Å²) in [5.74, 6) is 1.44. The number of ether oxygens (including phenoxy) is 4. The molecule has 300 valence electrons. The second-order valence-electron chi connectivity index (χ2n) is 14.9. The number of hydrogen-bond acceptors (Lipinski definition) is 9. The molecule has 4 atom stereocenters. The van der Waals surface area contributed by atoms with Gasteiger partial charge in [0.1, 0.15) is 29.4 Å². The Morgan fingerprint density at radius 2 is 1.46 bits per heavy atom. The lowest BCUT2D eigenvalue weighted by Crippen LogP contribution is -2.41. The van der Waals surface area contributed by atoms with Crippen LogP contribution in [-0.2, 0) is 24.1 Å². The predicted molar refractivity (Wildman–Crippen MR) is 225 cm³/mol. The molecule has 1 aromatic heterocycles. The highest BCUT2D eigenvalue weighted by Gasteiger charge is 2.47. The van der Waals surface area contributed by atoms with E-state index in [2.05, 4.69) is 50.6 Å². The van der Waals surface area contributed by atoms with Gasteiger partial charge in [-0.3, -0.25) is 9.36 Å². The van der Waals surface area contributed by atoms with Crippen molar-refractivity contribution in [3.05, 3.63) is 141 Å². The Bertz CT molecular complexity index is 2130. The van der Waals surface area contributed by atoms with E-state index in [1.165, 1.54) is 0 Å². The molecule has 0 aliphatic carbocycles. The fourth-order valence-electron chi connectivity index (χ4n) is 7.86. The van der Waals surface area contributed by atoms with Crippen molar-refractivity contribution in [2.75, 3.05) is 27.4 Å². The van der Waals surface area contributed by atoms with Crippen molar-refractivity contribution in [3.63, 3.8) is 0 Å². The third-order valence-electron chi connectivity index (χ3n) is 10.4. The van der Waals surface area contributed by atoms with Gasteiger partial charge in [-0.05, 0) is 99.5 Å². The van der Waals surface area contributed by atoms with Crippen LogP contribution in [0.2, 0.25) is 0 Å². The number of nitriles is 1. The summed E-state index contributed by atoms with van der Waals surface area (Å²) in [5, 5.41) is 10.9. The molecule has 0 spiro atoms. The van der Waals surface area contributed by atoms with Gasteiger partial charge in [-0.25, -0.2) is 4.67 Å². The molecule has 1 aliphatic rings. The molecule has 0 bridgehead atoms. The fraction of sp³-hybridized carbons (Fsp3) is 0.391. The first-order valence-electron chi connectivity index (χ1n) is 19.5. The van der Waals surface area contributed by atoms with E-state index in [0.29, 0.717) is 11.8 Å². The maximum Gasteiger partial charge on any atom is 0.260 e. The predicted octanol–water partition coefficient (Wildman–Crippen LogP) is 9.59. The molecule has 0 amide bonds. The van der Waals surface area contributed by atoms with Crippen molar-refractivity contribution in [1.29, 1.82) is 5.26 Å². The largest absolute Gasteiger partial charge is 0.497 e. The van der Waals surface area contributed by atoms with Crippen LogP contribution in [-0.4, -0.2) is 61.0 Å². The summed E-state index contributed by atoms with van der Waals surface area (Å²) in [6, 6.07) is 34.4. The molecule has 0 N–H and O–H groups in total. The van der Waals surface area contributed by atoms with Crippen LogP contribution in [0, 0.1) is 25.2 Å². The lowest BCUT2D eigenvalue weighted by atomic mass is 9.79. The van der Waals surface area contributed by atoms with Crippen LogP contribution >= 0.6 is 8.53 Å². The molecular weight excluding hydrogens is 737 g/mol. The second-order valence-corrected chi connectivity index (χ2v) is 16.4. The topological polar surface area (TPSA) is 104 Å². The summed E-state index contributed by atoms with van der Waals surface area (Å²) in [4.78, 5) is 14.3. The number of pyridine rings is 1. The first-order chi connectivity index (χ1) is 27.5. The Morgan fingerprint density at radius 3 is 2.02 bits per heavy atom. The van der Waals surface area contributed by atoms with Crippen molar-refractivity contribution >= 4 is 19.3 Å². The van der Waals surface area contributed by atoms with Gasteiger partial charge in [0.15, 0.2) is 0 Å². The van der Waals surface area contributed by atoms with Crippen molar-refractivity contribution in [3.8, 4) is 17.6 Å². The van der Waals surface area contributed by atoms with Crippen LogP contribution in [0.1, 0.15) is 74.6 Å². The quantitative estimate of drug-likeness (QED) is 0.0518. The molecule has 5 aromatic rings. The number of methoxy groups -OCH3 is 2. The van der Waals surface area contributed by atoms with Gasteiger partial charge in [-0.1, -0.05) is 72.3 Å². The van der Waals surface area contributed by atoms with Gasteiger partial charge < -0.3 is 28.0 Å². The number of nitrogens with zero attached hydrogens (tertiary/aromatic N) is 3. The average molecular weight is 792 g/mol. The third kappa shape index (κ3) is 9.10. The van der Waals surface area contributed by atoms with Gasteiger partial charge in [-0.2, -0.15) is 5.26 Å². The molecule has 6 rings (SSSR count). The minimum Gasteiger partial charge on any atom is -0.497 e. The van der Waals surface area contributed by atoms with Crippen molar-refractivity contribution in [2.24, 2.45) is 0 Å². The number of hydrogen-bond donors (Lipinski definition) is 0. The van der Waals surface area contributed by atoms with Crippen LogP contribution in [0.4, 0.5) is 0 Å². The number of benzene rings is 4.